The number of amides is 2. The molecular formula is C20H21FN2O3. The standard InChI is InChI=1S/C20H21FN2O3/c1-14-3-2-4-16(9-14)10-22-20(25)18-12-26-13-19(24)23(18)11-15-5-7-17(21)8-6-15/h2-9,18H,10-13H2,1H3,(H,22,25)/t18-/m0/s1. The highest BCUT2D eigenvalue weighted by Crippen LogP contribution is 2.15. The molecule has 1 atom stereocenters. The first-order chi connectivity index (χ1) is 12.5. The summed E-state index contributed by atoms with van der Waals surface area (Å²) in [6.45, 7) is 2.71. The Bertz CT molecular complexity index is 792. The van der Waals surface area contributed by atoms with Crippen LogP contribution in [0.2, 0.25) is 0 Å². The molecule has 0 unspecified atom stereocenters. The minimum atomic E-state index is -0.703. The van der Waals surface area contributed by atoms with E-state index in [0.717, 1.165) is 16.7 Å². The molecule has 136 valence electrons. The molecule has 1 aliphatic rings. The second kappa shape index (κ2) is 8.10. The molecule has 5 nitrogen and oxygen atoms in total. The van der Waals surface area contributed by atoms with Gasteiger partial charge in [-0.2, -0.15) is 0 Å². The summed E-state index contributed by atoms with van der Waals surface area (Å²) in [7, 11) is 0. The van der Waals surface area contributed by atoms with E-state index in [2.05, 4.69) is 5.32 Å². The molecule has 0 spiro atoms. The Morgan fingerprint density at radius 1 is 1.23 bits per heavy atom. The van der Waals surface area contributed by atoms with E-state index in [-0.39, 0.29) is 37.4 Å². The van der Waals surface area contributed by atoms with Crippen LogP contribution >= 0.6 is 0 Å². The monoisotopic (exact) mass is 356 g/mol. The molecule has 0 aromatic heterocycles. The minimum absolute atomic E-state index is 0.0527. The summed E-state index contributed by atoms with van der Waals surface area (Å²) in [4.78, 5) is 26.3. The number of benzene rings is 2. The van der Waals surface area contributed by atoms with Gasteiger partial charge >= 0.3 is 0 Å². The minimum Gasteiger partial charge on any atom is -0.369 e. The molecule has 1 saturated heterocycles. The van der Waals surface area contributed by atoms with E-state index in [9.17, 15) is 14.0 Å². The molecule has 0 aliphatic carbocycles. The number of hydrogen-bond acceptors (Lipinski definition) is 3. The molecular weight excluding hydrogens is 335 g/mol. The first kappa shape index (κ1) is 18.1. The van der Waals surface area contributed by atoms with Crippen molar-refractivity contribution in [1.29, 1.82) is 0 Å². The van der Waals surface area contributed by atoms with E-state index >= 15 is 0 Å². The van der Waals surface area contributed by atoms with Gasteiger partial charge in [0.25, 0.3) is 0 Å². The SMILES string of the molecule is Cc1cccc(CNC(=O)[C@@H]2COCC(=O)N2Cc2ccc(F)cc2)c1. The number of carbonyl (C=O) groups is 2. The molecule has 0 bridgehead atoms. The maximum absolute atomic E-state index is 13.1. The lowest BCUT2D eigenvalue weighted by Gasteiger charge is -2.34. The Morgan fingerprint density at radius 2 is 2.00 bits per heavy atom. The summed E-state index contributed by atoms with van der Waals surface area (Å²) >= 11 is 0. The van der Waals surface area contributed by atoms with Crippen molar-refractivity contribution in [3.8, 4) is 0 Å². The zero-order valence-electron chi connectivity index (χ0n) is 14.6. The highest BCUT2D eigenvalue weighted by atomic mass is 19.1. The number of nitrogens with zero attached hydrogens (tertiary/aromatic N) is 1. The lowest BCUT2D eigenvalue weighted by atomic mass is 10.1. The van der Waals surface area contributed by atoms with Crippen molar-refractivity contribution in [3.63, 3.8) is 0 Å². The Morgan fingerprint density at radius 3 is 2.73 bits per heavy atom. The lowest BCUT2D eigenvalue weighted by molar-refractivity contribution is -0.155. The first-order valence-corrected chi connectivity index (χ1v) is 8.48. The molecule has 0 saturated carbocycles. The Hall–Kier alpha value is -2.73. The summed E-state index contributed by atoms with van der Waals surface area (Å²) in [6.07, 6.45) is 0. The van der Waals surface area contributed by atoms with Gasteiger partial charge in [-0.1, -0.05) is 42.0 Å². The normalized spacial score (nSPS) is 17.2. The van der Waals surface area contributed by atoms with Crippen LogP contribution in [0.5, 0.6) is 0 Å². The molecule has 2 aromatic carbocycles. The van der Waals surface area contributed by atoms with Crippen molar-refractivity contribution in [3.05, 3.63) is 71.0 Å². The quantitative estimate of drug-likeness (QED) is 0.893. The number of halogens is 1. The van der Waals surface area contributed by atoms with Gasteiger partial charge in [-0.3, -0.25) is 9.59 Å². The van der Waals surface area contributed by atoms with Gasteiger partial charge < -0.3 is 15.0 Å². The second-order valence-electron chi connectivity index (χ2n) is 6.39. The molecule has 2 amide bonds. The summed E-state index contributed by atoms with van der Waals surface area (Å²) in [5.41, 5.74) is 2.87. The zero-order valence-corrected chi connectivity index (χ0v) is 14.6. The van der Waals surface area contributed by atoms with Gasteiger partial charge in [0.2, 0.25) is 11.8 Å². The van der Waals surface area contributed by atoms with E-state index in [1.165, 1.54) is 17.0 Å². The third-order valence-corrected chi connectivity index (χ3v) is 4.32. The third-order valence-electron chi connectivity index (χ3n) is 4.32. The predicted octanol–water partition coefficient (Wildman–Crippen LogP) is 2.18. The average molecular weight is 356 g/mol. The van der Waals surface area contributed by atoms with Crippen LogP contribution in [0.15, 0.2) is 48.5 Å². The molecule has 26 heavy (non-hydrogen) atoms. The number of aryl methyl sites for hydroxylation is 1. The molecule has 1 fully saturated rings. The summed E-state index contributed by atoms with van der Waals surface area (Å²) < 4.78 is 18.3. The van der Waals surface area contributed by atoms with Crippen molar-refractivity contribution >= 4 is 11.8 Å². The molecule has 6 heteroatoms. The van der Waals surface area contributed by atoms with Crippen LogP contribution in [0.4, 0.5) is 4.39 Å². The van der Waals surface area contributed by atoms with Crippen LogP contribution in [0.3, 0.4) is 0 Å². The summed E-state index contributed by atoms with van der Waals surface area (Å²) in [5.74, 6) is -0.854. The second-order valence-corrected chi connectivity index (χ2v) is 6.39. The topological polar surface area (TPSA) is 58.6 Å². The molecule has 0 radical (unpaired) electrons. The van der Waals surface area contributed by atoms with Crippen LogP contribution in [0.25, 0.3) is 0 Å². The van der Waals surface area contributed by atoms with E-state index in [1.54, 1.807) is 12.1 Å². The first-order valence-electron chi connectivity index (χ1n) is 8.48. The van der Waals surface area contributed by atoms with Crippen molar-refractivity contribution in [2.24, 2.45) is 0 Å². The number of rotatable bonds is 5. The Balaban J connectivity index is 1.67. The lowest BCUT2D eigenvalue weighted by Crippen LogP contribution is -2.55. The fourth-order valence-corrected chi connectivity index (χ4v) is 2.94. The average Bonchev–Trinajstić information content (AvgIpc) is 2.63. The molecule has 3 rings (SSSR count). The van der Waals surface area contributed by atoms with Crippen molar-refractivity contribution in [2.45, 2.75) is 26.1 Å². The van der Waals surface area contributed by atoms with Crippen molar-refractivity contribution in [1.82, 2.24) is 10.2 Å². The molecule has 1 N–H and O–H groups in total. The van der Waals surface area contributed by atoms with E-state index in [1.807, 2.05) is 31.2 Å². The fraction of sp³-hybridized carbons (Fsp3) is 0.300. The molecule has 1 aliphatic heterocycles. The van der Waals surface area contributed by atoms with E-state index in [0.29, 0.717) is 6.54 Å². The largest absolute Gasteiger partial charge is 0.369 e. The van der Waals surface area contributed by atoms with Crippen molar-refractivity contribution < 1.29 is 18.7 Å². The van der Waals surface area contributed by atoms with Crippen LogP contribution in [0.1, 0.15) is 16.7 Å². The molecule has 2 aromatic rings. The Kier molecular flexibility index (Phi) is 5.63. The van der Waals surface area contributed by atoms with Gasteiger partial charge in [-0.25, -0.2) is 4.39 Å². The highest BCUT2D eigenvalue weighted by molar-refractivity contribution is 5.89. The fourth-order valence-electron chi connectivity index (χ4n) is 2.94. The van der Waals surface area contributed by atoms with E-state index < -0.39 is 6.04 Å². The predicted molar refractivity (Wildman–Crippen MR) is 94.6 cm³/mol. The van der Waals surface area contributed by atoms with Gasteiger partial charge in [0.15, 0.2) is 0 Å². The van der Waals surface area contributed by atoms with Crippen LogP contribution in [-0.4, -0.2) is 36.0 Å². The van der Waals surface area contributed by atoms with Gasteiger partial charge in [-0.15, -0.1) is 0 Å². The van der Waals surface area contributed by atoms with E-state index in [4.69, 9.17) is 4.74 Å². The zero-order chi connectivity index (χ0) is 18.5. The van der Waals surface area contributed by atoms with Crippen LogP contribution < -0.4 is 5.32 Å². The number of morpholine rings is 1. The van der Waals surface area contributed by atoms with Gasteiger partial charge in [-0.05, 0) is 30.2 Å². The number of carbonyl (C=O) groups excluding carboxylic acids is 2. The smallest absolute Gasteiger partial charge is 0.249 e. The molecule has 1 heterocycles. The number of ether oxygens (including phenoxy) is 1. The maximum atomic E-state index is 13.1. The number of hydrogen-bond donors (Lipinski definition) is 1. The maximum Gasteiger partial charge on any atom is 0.249 e. The van der Waals surface area contributed by atoms with Crippen LogP contribution in [0, 0.1) is 12.7 Å². The van der Waals surface area contributed by atoms with Crippen molar-refractivity contribution in [2.75, 3.05) is 13.2 Å². The van der Waals surface area contributed by atoms with Crippen LogP contribution in [-0.2, 0) is 27.4 Å². The van der Waals surface area contributed by atoms with Gasteiger partial charge in [0.1, 0.15) is 18.5 Å². The van der Waals surface area contributed by atoms with Gasteiger partial charge in [0, 0.05) is 13.1 Å². The number of nitrogens with one attached hydrogen (secondary N) is 1. The Labute approximate surface area is 151 Å². The van der Waals surface area contributed by atoms with Gasteiger partial charge in [0.05, 0.1) is 6.61 Å². The summed E-state index contributed by atoms with van der Waals surface area (Å²) in [6, 6.07) is 13.1. The third kappa shape index (κ3) is 4.46. The summed E-state index contributed by atoms with van der Waals surface area (Å²) in [5, 5.41) is 2.87. The highest BCUT2D eigenvalue weighted by Gasteiger charge is 2.33.